The summed E-state index contributed by atoms with van der Waals surface area (Å²) in [4.78, 5) is 26.4. The van der Waals surface area contributed by atoms with Gasteiger partial charge in [-0.25, -0.2) is 0 Å². The summed E-state index contributed by atoms with van der Waals surface area (Å²) in [6.45, 7) is 0.534. The minimum atomic E-state index is -0.530. The van der Waals surface area contributed by atoms with Crippen LogP contribution in [0, 0.1) is 0 Å². The minimum absolute atomic E-state index is 0.138. The molecule has 0 aliphatic carbocycles. The zero-order valence-corrected chi connectivity index (χ0v) is 14.5. The van der Waals surface area contributed by atoms with E-state index >= 15 is 0 Å². The first-order valence-corrected chi connectivity index (χ1v) is 8.35. The van der Waals surface area contributed by atoms with Crippen LogP contribution in [-0.4, -0.2) is 24.4 Å². The van der Waals surface area contributed by atoms with Gasteiger partial charge in [-0.15, -0.1) is 0 Å². The SMILES string of the molecule is O=C(NC1CCN(c2ccccc2Cl)C1=O)c1cccc(Br)c1. The van der Waals surface area contributed by atoms with Crippen molar-refractivity contribution < 1.29 is 9.59 Å². The number of anilines is 1. The number of para-hydroxylation sites is 1. The topological polar surface area (TPSA) is 49.4 Å². The predicted octanol–water partition coefficient (Wildman–Crippen LogP) is 3.64. The number of halogens is 2. The number of carbonyl (C=O) groups is 2. The van der Waals surface area contributed by atoms with Gasteiger partial charge in [0, 0.05) is 16.6 Å². The van der Waals surface area contributed by atoms with E-state index in [1.165, 1.54) is 0 Å². The molecule has 1 N–H and O–H groups in total. The first-order chi connectivity index (χ1) is 11.1. The summed E-state index contributed by atoms with van der Waals surface area (Å²) >= 11 is 9.48. The molecule has 23 heavy (non-hydrogen) atoms. The number of benzene rings is 2. The van der Waals surface area contributed by atoms with Gasteiger partial charge in [-0.2, -0.15) is 0 Å². The van der Waals surface area contributed by atoms with E-state index in [9.17, 15) is 9.59 Å². The minimum Gasteiger partial charge on any atom is -0.340 e. The summed E-state index contributed by atoms with van der Waals surface area (Å²) < 4.78 is 0.820. The van der Waals surface area contributed by atoms with Gasteiger partial charge < -0.3 is 10.2 Å². The molecule has 0 saturated carbocycles. The lowest BCUT2D eigenvalue weighted by Gasteiger charge is -2.18. The highest BCUT2D eigenvalue weighted by molar-refractivity contribution is 9.10. The second-order valence-corrected chi connectivity index (χ2v) is 6.59. The van der Waals surface area contributed by atoms with Gasteiger partial charge in [0.1, 0.15) is 6.04 Å². The maximum Gasteiger partial charge on any atom is 0.251 e. The second-order valence-electron chi connectivity index (χ2n) is 5.27. The van der Waals surface area contributed by atoms with Crippen molar-refractivity contribution in [2.24, 2.45) is 0 Å². The molecule has 3 rings (SSSR count). The van der Waals surface area contributed by atoms with Gasteiger partial charge >= 0.3 is 0 Å². The van der Waals surface area contributed by atoms with E-state index in [-0.39, 0.29) is 11.8 Å². The summed E-state index contributed by atoms with van der Waals surface area (Å²) in [7, 11) is 0. The van der Waals surface area contributed by atoms with Crippen LogP contribution in [0.1, 0.15) is 16.8 Å². The van der Waals surface area contributed by atoms with Crippen LogP contribution in [0.2, 0.25) is 5.02 Å². The van der Waals surface area contributed by atoms with Crippen molar-refractivity contribution in [3.63, 3.8) is 0 Å². The summed E-state index contributed by atoms with van der Waals surface area (Å²) in [5.74, 6) is -0.396. The first-order valence-electron chi connectivity index (χ1n) is 7.18. The van der Waals surface area contributed by atoms with E-state index in [0.717, 1.165) is 4.47 Å². The predicted molar refractivity (Wildman–Crippen MR) is 93.8 cm³/mol. The Morgan fingerprint density at radius 3 is 2.74 bits per heavy atom. The molecular weight excluding hydrogens is 380 g/mol. The molecule has 0 spiro atoms. The molecule has 1 aliphatic heterocycles. The Labute approximate surface area is 147 Å². The molecule has 1 unspecified atom stereocenters. The van der Waals surface area contributed by atoms with Crippen molar-refractivity contribution in [2.75, 3.05) is 11.4 Å². The Morgan fingerprint density at radius 2 is 2.00 bits per heavy atom. The van der Waals surface area contributed by atoms with Crippen LogP contribution >= 0.6 is 27.5 Å². The molecule has 0 aromatic heterocycles. The highest BCUT2D eigenvalue weighted by atomic mass is 79.9. The third kappa shape index (κ3) is 3.41. The number of amides is 2. The monoisotopic (exact) mass is 392 g/mol. The molecule has 0 radical (unpaired) electrons. The van der Waals surface area contributed by atoms with Crippen molar-refractivity contribution in [1.29, 1.82) is 0 Å². The van der Waals surface area contributed by atoms with Crippen molar-refractivity contribution in [1.82, 2.24) is 5.32 Å². The van der Waals surface area contributed by atoms with Crippen molar-refractivity contribution in [3.05, 3.63) is 63.6 Å². The molecule has 1 saturated heterocycles. The lowest BCUT2D eigenvalue weighted by atomic mass is 10.2. The van der Waals surface area contributed by atoms with E-state index in [0.29, 0.717) is 29.2 Å². The molecule has 1 heterocycles. The first kappa shape index (κ1) is 16.0. The van der Waals surface area contributed by atoms with E-state index in [1.807, 2.05) is 18.2 Å². The molecule has 1 atom stereocenters. The van der Waals surface area contributed by atoms with Gasteiger partial charge in [-0.3, -0.25) is 9.59 Å². The van der Waals surface area contributed by atoms with E-state index < -0.39 is 6.04 Å². The number of rotatable bonds is 3. The molecule has 6 heteroatoms. The van der Waals surface area contributed by atoms with Crippen LogP contribution in [0.3, 0.4) is 0 Å². The Hall–Kier alpha value is -1.85. The molecule has 2 aromatic rings. The van der Waals surface area contributed by atoms with Crippen LogP contribution in [0.5, 0.6) is 0 Å². The Bertz CT molecular complexity index is 766. The second kappa shape index (κ2) is 6.72. The number of nitrogens with one attached hydrogen (secondary N) is 1. The molecule has 2 aromatic carbocycles. The summed E-state index contributed by atoms with van der Waals surface area (Å²) in [5.41, 5.74) is 1.20. The maximum atomic E-state index is 12.5. The Kier molecular flexibility index (Phi) is 4.68. The van der Waals surface area contributed by atoms with E-state index in [1.54, 1.807) is 35.2 Å². The third-order valence-corrected chi connectivity index (χ3v) is 4.55. The summed E-state index contributed by atoms with van der Waals surface area (Å²) in [6, 6.07) is 13.7. The fourth-order valence-corrected chi connectivity index (χ4v) is 3.23. The van der Waals surface area contributed by atoms with Crippen LogP contribution in [0.4, 0.5) is 5.69 Å². The Balaban J connectivity index is 1.72. The number of hydrogen-bond donors (Lipinski definition) is 1. The molecular formula is C17H14BrClN2O2. The van der Waals surface area contributed by atoms with Gasteiger partial charge in [0.25, 0.3) is 5.91 Å². The lowest BCUT2D eigenvalue weighted by Crippen LogP contribution is -2.41. The molecule has 118 valence electrons. The average molecular weight is 394 g/mol. The fourth-order valence-electron chi connectivity index (χ4n) is 2.59. The number of hydrogen-bond acceptors (Lipinski definition) is 2. The fraction of sp³-hybridized carbons (Fsp3) is 0.176. The van der Waals surface area contributed by atoms with Gasteiger partial charge in [0.15, 0.2) is 0 Å². The quantitative estimate of drug-likeness (QED) is 0.865. The molecule has 2 amide bonds. The molecule has 1 aliphatic rings. The standard InChI is InChI=1S/C17H14BrClN2O2/c18-12-5-3-4-11(10-12)16(22)20-14-8-9-21(17(14)23)15-7-2-1-6-13(15)19/h1-7,10,14H,8-9H2,(H,20,22). The molecule has 0 bridgehead atoms. The Morgan fingerprint density at radius 1 is 1.22 bits per heavy atom. The average Bonchev–Trinajstić information content (AvgIpc) is 2.89. The molecule has 1 fully saturated rings. The van der Waals surface area contributed by atoms with Gasteiger partial charge in [0.2, 0.25) is 5.91 Å². The van der Waals surface area contributed by atoms with Gasteiger partial charge in [0.05, 0.1) is 10.7 Å². The van der Waals surface area contributed by atoms with E-state index in [2.05, 4.69) is 21.2 Å². The van der Waals surface area contributed by atoms with E-state index in [4.69, 9.17) is 11.6 Å². The maximum absolute atomic E-state index is 12.5. The van der Waals surface area contributed by atoms with Crippen LogP contribution in [-0.2, 0) is 4.79 Å². The van der Waals surface area contributed by atoms with Crippen LogP contribution < -0.4 is 10.2 Å². The smallest absolute Gasteiger partial charge is 0.251 e. The van der Waals surface area contributed by atoms with Crippen molar-refractivity contribution >= 4 is 45.0 Å². The zero-order chi connectivity index (χ0) is 16.4. The zero-order valence-electron chi connectivity index (χ0n) is 12.1. The number of carbonyl (C=O) groups excluding carboxylic acids is 2. The van der Waals surface area contributed by atoms with Gasteiger partial charge in [-0.05, 0) is 36.8 Å². The van der Waals surface area contributed by atoms with Crippen LogP contribution in [0.15, 0.2) is 53.0 Å². The third-order valence-electron chi connectivity index (χ3n) is 3.74. The van der Waals surface area contributed by atoms with Crippen molar-refractivity contribution in [3.8, 4) is 0 Å². The highest BCUT2D eigenvalue weighted by Crippen LogP contribution is 2.29. The molecule has 4 nitrogen and oxygen atoms in total. The summed E-state index contributed by atoms with van der Waals surface area (Å²) in [5, 5.41) is 3.32. The summed E-state index contributed by atoms with van der Waals surface area (Å²) in [6.07, 6.45) is 0.559. The normalized spacial score (nSPS) is 17.4. The van der Waals surface area contributed by atoms with Crippen LogP contribution in [0.25, 0.3) is 0 Å². The van der Waals surface area contributed by atoms with Crippen molar-refractivity contribution in [2.45, 2.75) is 12.5 Å². The lowest BCUT2D eigenvalue weighted by molar-refractivity contribution is -0.118. The van der Waals surface area contributed by atoms with Gasteiger partial charge in [-0.1, -0.05) is 45.7 Å². The highest BCUT2D eigenvalue weighted by Gasteiger charge is 2.34. The largest absolute Gasteiger partial charge is 0.340 e. The number of nitrogens with zero attached hydrogens (tertiary/aromatic N) is 1.